The first-order valence-electron chi connectivity index (χ1n) is 9.35. The van der Waals surface area contributed by atoms with Gasteiger partial charge in [-0.3, -0.25) is 13.8 Å². The number of aromatic nitrogens is 4. The minimum absolute atomic E-state index is 0.00402. The fourth-order valence-corrected chi connectivity index (χ4v) is 4.11. The lowest BCUT2D eigenvalue weighted by Crippen LogP contribution is -2.23. The zero-order chi connectivity index (χ0) is 19.5. The molecule has 6 nitrogen and oxygen atoms in total. The molecule has 0 aliphatic carbocycles. The van der Waals surface area contributed by atoms with Crippen LogP contribution in [0.5, 0.6) is 5.75 Å². The third-order valence-electron chi connectivity index (χ3n) is 4.74. The van der Waals surface area contributed by atoms with Crippen LogP contribution in [-0.4, -0.2) is 26.3 Å². The van der Waals surface area contributed by atoms with Gasteiger partial charge in [-0.2, -0.15) is 0 Å². The Balaban J connectivity index is 1.76. The number of nitrogens with zero attached hydrogens (tertiary/aromatic N) is 4. The van der Waals surface area contributed by atoms with Crippen LogP contribution in [0, 0.1) is 0 Å². The van der Waals surface area contributed by atoms with Crippen molar-refractivity contribution in [3.63, 3.8) is 0 Å². The fraction of sp³-hybridized carbons (Fsp3) is 0.286. The summed E-state index contributed by atoms with van der Waals surface area (Å²) in [5.74, 6) is 2.20. The molecule has 2 heterocycles. The summed E-state index contributed by atoms with van der Waals surface area (Å²) in [6.45, 7) is 2.76. The Morgan fingerprint density at radius 2 is 1.86 bits per heavy atom. The Bertz CT molecular complexity index is 1160. The van der Waals surface area contributed by atoms with Crippen LogP contribution < -0.4 is 10.3 Å². The topological polar surface area (TPSA) is 61.4 Å². The van der Waals surface area contributed by atoms with Crippen molar-refractivity contribution in [2.45, 2.75) is 37.2 Å². The maximum absolute atomic E-state index is 13.0. The van der Waals surface area contributed by atoms with Crippen LogP contribution in [0.1, 0.15) is 25.3 Å². The summed E-state index contributed by atoms with van der Waals surface area (Å²) < 4.78 is 8.96. The second-order valence-corrected chi connectivity index (χ2v) is 7.52. The van der Waals surface area contributed by atoms with Crippen molar-refractivity contribution in [2.24, 2.45) is 0 Å². The molecule has 0 aliphatic rings. The first-order valence-corrected chi connectivity index (χ1v) is 10.3. The van der Waals surface area contributed by atoms with Crippen molar-refractivity contribution in [2.75, 3.05) is 7.11 Å². The molecule has 144 valence electrons. The number of benzene rings is 2. The second-order valence-electron chi connectivity index (χ2n) is 6.58. The number of hydrogen-bond donors (Lipinski definition) is 0. The van der Waals surface area contributed by atoms with Crippen molar-refractivity contribution in [1.29, 1.82) is 0 Å². The van der Waals surface area contributed by atoms with E-state index >= 15 is 0 Å². The standard InChI is InChI=1S/C21H22N4O2S/c1-3-4-13-24-19(26)17-7-5-6-8-18(17)25-20(24)22-23-21(25)28-14-15-9-11-16(27-2)12-10-15/h5-12H,3-4,13-14H2,1-2H3. The van der Waals surface area contributed by atoms with E-state index in [0.29, 0.717) is 17.7 Å². The van der Waals surface area contributed by atoms with Gasteiger partial charge in [-0.05, 0) is 36.2 Å². The van der Waals surface area contributed by atoms with Gasteiger partial charge in [-0.15, -0.1) is 10.2 Å². The van der Waals surface area contributed by atoms with Gasteiger partial charge in [0.05, 0.1) is 18.0 Å². The first kappa shape index (κ1) is 18.6. The minimum atomic E-state index is -0.00402. The molecule has 4 aromatic rings. The number of thioether (sulfide) groups is 1. The van der Waals surface area contributed by atoms with E-state index in [4.69, 9.17) is 4.74 Å². The van der Waals surface area contributed by atoms with Gasteiger partial charge in [0.25, 0.3) is 5.56 Å². The van der Waals surface area contributed by atoms with Gasteiger partial charge >= 0.3 is 0 Å². The number of unbranched alkanes of at least 4 members (excludes halogenated alkanes) is 1. The van der Waals surface area contributed by atoms with Gasteiger partial charge in [0.1, 0.15) is 5.75 Å². The van der Waals surface area contributed by atoms with Crippen LogP contribution in [0.15, 0.2) is 58.5 Å². The molecule has 28 heavy (non-hydrogen) atoms. The minimum Gasteiger partial charge on any atom is -0.497 e. The number of rotatable bonds is 7. The van der Waals surface area contributed by atoms with Crippen molar-refractivity contribution < 1.29 is 4.74 Å². The highest BCUT2D eigenvalue weighted by atomic mass is 32.2. The van der Waals surface area contributed by atoms with Gasteiger partial charge in [0.2, 0.25) is 5.78 Å². The number of ether oxygens (including phenoxy) is 1. The number of aryl methyl sites for hydroxylation is 1. The Kier molecular flexibility index (Phi) is 5.34. The van der Waals surface area contributed by atoms with E-state index < -0.39 is 0 Å². The van der Waals surface area contributed by atoms with E-state index in [0.717, 1.165) is 35.0 Å². The molecule has 7 heteroatoms. The van der Waals surface area contributed by atoms with E-state index in [1.807, 2.05) is 52.9 Å². The molecule has 0 spiro atoms. The molecule has 2 aromatic carbocycles. The zero-order valence-corrected chi connectivity index (χ0v) is 16.8. The molecule has 0 saturated heterocycles. The summed E-state index contributed by atoms with van der Waals surface area (Å²) in [5, 5.41) is 10.2. The molecule has 0 unspecified atom stereocenters. The van der Waals surface area contributed by atoms with E-state index in [9.17, 15) is 4.79 Å². The normalized spacial score (nSPS) is 11.4. The van der Waals surface area contributed by atoms with Gasteiger partial charge in [-0.1, -0.05) is 49.4 Å². The third-order valence-corrected chi connectivity index (χ3v) is 5.74. The molecule has 0 fully saturated rings. The fourth-order valence-electron chi connectivity index (χ4n) is 3.21. The summed E-state index contributed by atoms with van der Waals surface area (Å²) in [6, 6.07) is 15.7. The third kappa shape index (κ3) is 3.38. The van der Waals surface area contributed by atoms with Gasteiger partial charge in [0.15, 0.2) is 5.16 Å². The van der Waals surface area contributed by atoms with Crippen molar-refractivity contribution >= 4 is 28.4 Å². The molecule has 0 amide bonds. The SMILES string of the molecule is CCCCn1c(=O)c2ccccc2n2c(SCc3ccc(OC)cc3)nnc12. The van der Waals surface area contributed by atoms with Crippen LogP contribution in [0.2, 0.25) is 0 Å². The number of fused-ring (bicyclic) bond motifs is 3. The summed E-state index contributed by atoms with van der Waals surface area (Å²) in [4.78, 5) is 13.0. The molecule has 0 aliphatic heterocycles. The average molecular weight is 395 g/mol. The molecule has 0 atom stereocenters. The lowest BCUT2D eigenvalue weighted by Gasteiger charge is -2.11. The highest BCUT2D eigenvalue weighted by Gasteiger charge is 2.16. The maximum atomic E-state index is 13.0. The maximum Gasteiger partial charge on any atom is 0.262 e. The molecule has 0 radical (unpaired) electrons. The summed E-state index contributed by atoms with van der Waals surface area (Å²) in [6.07, 6.45) is 1.94. The Hall–Kier alpha value is -2.80. The predicted octanol–water partition coefficient (Wildman–Crippen LogP) is 4.15. The van der Waals surface area contributed by atoms with Gasteiger partial charge < -0.3 is 4.74 Å². The molecule has 0 N–H and O–H groups in total. The molecule has 4 rings (SSSR count). The zero-order valence-electron chi connectivity index (χ0n) is 16.0. The summed E-state index contributed by atoms with van der Waals surface area (Å²) in [5.41, 5.74) is 2.01. The van der Waals surface area contributed by atoms with Crippen LogP contribution in [0.3, 0.4) is 0 Å². The van der Waals surface area contributed by atoms with Crippen LogP contribution in [0.25, 0.3) is 16.7 Å². The van der Waals surface area contributed by atoms with Crippen LogP contribution in [0.4, 0.5) is 0 Å². The largest absolute Gasteiger partial charge is 0.497 e. The van der Waals surface area contributed by atoms with Crippen molar-refractivity contribution in [3.05, 3.63) is 64.4 Å². The average Bonchev–Trinajstić information content (AvgIpc) is 3.16. The van der Waals surface area contributed by atoms with Crippen molar-refractivity contribution in [1.82, 2.24) is 19.2 Å². The lowest BCUT2D eigenvalue weighted by atomic mass is 10.2. The van der Waals surface area contributed by atoms with E-state index in [2.05, 4.69) is 17.1 Å². The Morgan fingerprint density at radius 3 is 2.61 bits per heavy atom. The van der Waals surface area contributed by atoms with Crippen molar-refractivity contribution in [3.8, 4) is 5.75 Å². The van der Waals surface area contributed by atoms with E-state index in [1.54, 1.807) is 23.4 Å². The molecule has 0 bridgehead atoms. The summed E-state index contributed by atoms with van der Waals surface area (Å²) in [7, 11) is 1.66. The van der Waals surface area contributed by atoms with Crippen LogP contribution in [-0.2, 0) is 12.3 Å². The molecular formula is C21H22N4O2S. The van der Waals surface area contributed by atoms with E-state index in [-0.39, 0.29) is 5.56 Å². The first-order chi connectivity index (χ1) is 13.7. The van der Waals surface area contributed by atoms with Gasteiger partial charge in [0, 0.05) is 12.3 Å². The molecule has 2 aromatic heterocycles. The quantitative estimate of drug-likeness (QED) is 0.441. The smallest absolute Gasteiger partial charge is 0.262 e. The highest BCUT2D eigenvalue weighted by molar-refractivity contribution is 7.98. The number of para-hydroxylation sites is 1. The Morgan fingerprint density at radius 1 is 1.07 bits per heavy atom. The molecular weight excluding hydrogens is 372 g/mol. The number of hydrogen-bond acceptors (Lipinski definition) is 5. The predicted molar refractivity (Wildman–Crippen MR) is 112 cm³/mol. The molecule has 0 saturated carbocycles. The van der Waals surface area contributed by atoms with Crippen LogP contribution >= 0.6 is 11.8 Å². The lowest BCUT2D eigenvalue weighted by molar-refractivity contribution is 0.414. The summed E-state index contributed by atoms with van der Waals surface area (Å²) >= 11 is 1.61. The highest BCUT2D eigenvalue weighted by Crippen LogP contribution is 2.25. The Labute approximate surface area is 167 Å². The second kappa shape index (κ2) is 8.06. The van der Waals surface area contributed by atoms with Gasteiger partial charge in [-0.25, -0.2) is 0 Å². The van der Waals surface area contributed by atoms with E-state index in [1.165, 1.54) is 5.56 Å². The number of methoxy groups -OCH3 is 1. The monoisotopic (exact) mass is 394 g/mol.